The van der Waals surface area contributed by atoms with Crippen molar-refractivity contribution in [2.45, 2.75) is 39.2 Å². The molecule has 0 radical (unpaired) electrons. The fraction of sp³-hybridized carbons (Fsp3) is 0.400. The monoisotopic (exact) mass is 417 g/mol. The number of fused-ring (bicyclic) bond motifs is 1. The van der Waals surface area contributed by atoms with Crippen molar-refractivity contribution >= 4 is 29.1 Å². The van der Waals surface area contributed by atoms with Crippen LogP contribution in [0.25, 0.3) is 0 Å². The van der Waals surface area contributed by atoms with Gasteiger partial charge >= 0.3 is 0 Å². The predicted molar refractivity (Wildman–Crippen MR) is 119 cm³/mol. The SMILES string of the molecule is Cc1ccccc1CNC(=O)[C@H]1CC(=O)N(c2ccc3c(c2)CCN3C(=O)C2CC2)C1. The van der Waals surface area contributed by atoms with Gasteiger partial charge in [0, 0.05) is 43.3 Å². The average Bonchev–Trinajstić information content (AvgIpc) is 3.43. The molecule has 0 bridgehead atoms. The Morgan fingerprint density at radius 3 is 2.68 bits per heavy atom. The Morgan fingerprint density at radius 1 is 1.10 bits per heavy atom. The first-order chi connectivity index (χ1) is 15.0. The van der Waals surface area contributed by atoms with E-state index in [1.165, 1.54) is 0 Å². The van der Waals surface area contributed by atoms with Gasteiger partial charge in [-0.25, -0.2) is 0 Å². The maximum absolute atomic E-state index is 12.7. The minimum absolute atomic E-state index is 0.0279. The second-order valence-electron chi connectivity index (χ2n) is 8.88. The maximum atomic E-state index is 12.7. The molecule has 31 heavy (non-hydrogen) atoms. The molecule has 6 heteroatoms. The zero-order valence-corrected chi connectivity index (χ0v) is 17.8. The number of nitrogens with one attached hydrogen (secondary N) is 1. The van der Waals surface area contributed by atoms with Gasteiger partial charge in [0.25, 0.3) is 0 Å². The minimum Gasteiger partial charge on any atom is -0.352 e. The van der Waals surface area contributed by atoms with Crippen LogP contribution in [0.1, 0.15) is 36.0 Å². The predicted octanol–water partition coefficient (Wildman–Crippen LogP) is 2.96. The molecule has 2 heterocycles. The number of carbonyl (C=O) groups is 3. The van der Waals surface area contributed by atoms with E-state index in [0.29, 0.717) is 19.6 Å². The van der Waals surface area contributed by atoms with Crippen molar-refractivity contribution in [2.75, 3.05) is 22.9 Å². The van der Waals surface area contributed by atoms with Crippen LogP contribution in [0.4, 0.5) is 11.4 Å². The second-order valence-corrected chi connectivity index (χ2v) is 8.88. The van der Waals surface area contributed by atoms with E-state index in [4.69, 9.17) is 0 Å². The van der Waals surface area contributed by atoms with Crippen molar-refractivity contribution < 1.29 is 14.4 Å². The Bertz CT molecular complexity index is 1060. The molecule has 3 amide bonds. The molecule has 5 rings (SSSR count). The summed E-state index contributed by atoms with van der Waals surface area (Å²) in [5, 5.41) is 2.99. The van der Waals surface area contributed by atoms with E-state index in [-0.39, 0.29) is 36.0 Å². The van der Waals surface area contributed by atoms with E-state index in [1.807, 2.05) is 54.3 Å². The van der Waals surface area contributed by atoms with Gasteiger partial charge in [0.2, 0.25) is 17.7 Å². The van der Waals surface area contributed by atoms with Gasteiger partial charge in [-0.2, -0.15) is 0 Å². The zero-order chi connectivity index (χ0) is 21.5. The number of aryl methyl sites for hydroxylation is 1. The molecular formula is C25H27N3O3. The van der Waals surface area contributed by atoms with Crippen LogP contribution in [-0.2, 0) is 27.3 Å². The number of hydrogen-bond donors (Lipinski definition) is 1. The molecular weight excluding hydrogens is 390 g/mol. The average molecular weight is 418 g/mol. The fourth-order valence-electron chi connectivity index (χ4n) is 4.60. The lowest BCUT2D eigenvalue weighted by molar-refractivity contribution is -0.126. The summed E-state index contributed by atoms with van der Waals surface area (Å²) in [6, 6.07) is 13.8. The molecule has 6 nitrogen and oxygen atoms in total. The Hall–Kier alpha value is -3.15. The van der Waals surface area contributed by atoms with E-state index in [2.05, 4.69) is 5.32 Å². The summed E-state index contributed by atoms with van der Waals surface area (Å²) in [6.07, 6.45) is 3.03. The molecule has 0 aromatic heterocycles. The number of anilines is 2. The molecule has 1 atom stereocenters. The van der Waals surface area contributed by atoms with Crippen molar-refractivity contribution in [3.05, 3.63) is 59.2 Å². The van der Waals surface area contributed by atoms with Gasteiger partial charge in [-0.05, 0) is 61.1 Å². The first-order valence-electron chi connectivity index (χ1n) is 11.1. The summed E-state index contributed by atoms with van der Waals surface area (Å²) in [6.45, 7) is 3.60. The number of benzene rings is 2. The zero-order valence-electron chi connectivity index (χ0n) is 17.8. The highest BCUT2D eigenvalue weighted by Crippen LogP contribution is 2.38. The van der Waals surface area contributed by atoms with Crippen LogP contribution in [0, 0.1) is 18.8 Å². The second kappa shape index (κ2) is 7.84. The largest absolute Gasteiger partial charge is 0.352 e. The van der Waals surface area contributed by atoms with Gasteiger partial charge in [0.05, 0.1) is 5.92 Å². The van der Waals surface area contributed by atoms with Gasteiger partial charge in [0.15, 0.2) is 0 Å². The highest BCUT2D eigenvalue weighted by Gasteiger charge is 2.38. The summed E-state index contributed by atoms with van der Waals surface area (Å²) < 4.78 is 0. The van der Waals surface area contributed by atoms with E-state index in [9.17, 15) is 14.4 Å². The van der Waals surface area contributed by atoms with Gasteiger partial charge in [0.1, 0.15) is 0 Å². The fourth-order valence-corrected chi connectivity index (χ4v) is 4.60. The highest BCUT2D eigenvalue weighted by molar-refractivity contribution is 6.02. The summed E-state index contributed by atoms with van der Waals surface area (Å²) in [5.74, 6) is -0.0297. The molecule has 1 saturated carbocycles. The summed E-state index contributed by atoms with van der Waals surface area (Å²) in [7, 11) is 0. The van der Waals surface area contributed by atoms with Gasteiger partial charge in [-0.15, -0.1) is 0 Å². The van der Waals surface area contributed by atoms with Crippen molar-refractivity contribution in [1.29, 1.82) is 0 Å². The van der Waals surface area contributed by atoms with Crippen molar-refractivity contribution in [1.82, 2.24) is 5.32 Å². The van der Waals surface area contributed by atoms with E-state index in [1.54, 1.807) is 4.90 Å². The smallest absolute Gasteiger partial charge is 0.230 e. The first kappa shape index (κ1) is 19.8. The lowest BCUT2D eigenvalue weighted by atomic mass is 10.1. The number of rotatable bonds is 5. The lowest BCUT2D eigenvalue weighted by Gasteiger charge is -2.20. The Balaban J connectivity index is 1.24. The van der Waals surface area contributed by atoms with Crippen LogP contribution in [0.15, 0.2) is 42.5 Å². The molecule has 1 N–H and O–H groups in total. The van der Waals surface area contributed by atoms with Crippen molar-refractivity contribution in [3.8, 4) is 0 Å². The van der Waals surface area contributed by atoms with Crippen LogP contribution in [0.2, 0.25) is 0 Å². The van der Waals surface area contributed by atoms with Gasteiger partial charge in [-0.3, -0.25) is 14.4 Å². The minimum atomic E-state index is -0.349. The highest BCUT2D eigenvalue weighted by atomic mass is 16.2. The van der Waals surface area contributed by atoms with Crippen LogP contribution in [-0.4, -0.2) is 30.8 Å². The normalized spacial score (nSPS) is 20.2. The van der Waals surface area contributed by atoms with Crippen molar-refractivity contribution in [3.63, 3.8) is 0 Å². The van der Waals surface area contributed by atoms with Crippen molar-refractivity contribution in [2.24, 2.45) is 11.8 Å². The molecule has 1 saturated heterocycles. The summed E-state index contributed by atoms with van der Waals surface area (Å²) in [5.41, 5.74) is 5.12. The molecule has 2 aliphatic heterocycles. The molecule has 1 aliphatic carbocycles. The molecule has 3 aliphatic rings. The molecule has 2 fully saturated rings. The van der Waals surface area contributed by atoms with Crippen LogP contribution < -0.4 is 15.1 Å². The standard InChI is InChI=1S/C25H27N3O3/c1-16-4-2-3-5-19(16)14-26-24(30)20-13-23(29)28(15-20)21-8-9-22-18(12-21)10-11-27(22)25(31)17-6-7-17/h2-5,8-9,12,17,20H,6-7,10-11,13-15H2,1H3,(H,26,30)/t20-/m0/s1. The molecule has 0 unspecified atom stereocenters. The van der Waals surface area contributed by atoms with Crippen LogP contribution in [0.5, 0.6) is 0 Å². The number of amides is 3. The number of hydrogen-bond acceptors (Lipinski definition) is 3. The Kier molecular flexibility index (Phi) is 5.00. The first-order valence-corrected chi connectivity index (χ1v) is 11.1. The number of nitrogens with zero attached hydrogens (tertiary/aromatic N) is 2. The Morgan fingerprint density at radius 2 is 1.90 bits per heavy atom. The number of carbonyl (C=O) groups excluding carboxylic acids is 3. The summed E-state index contributed by atoms with van der Waals surface area (Å²) >= 11 is 0. The van der Waals surface area contributed by atoms with Crippen LogP contribution in [0.3, 0.4) is 0 Å². The van der Waals surface area contributed by atoms with Crippen LogP contribution >= 0.6 is 0 Å². The topological polar surface area (TPSA) is 69.7 Å². The van der Waals surface area contributed by atoms with E-state index in [0.717, 1.165) is 47.3 Å². The third-order valence-electron chi connectivity index (χ3n) is 6.67. The maximum Gasteiger partial charge on any atom is 0.230 e. The third-order valence-corrected chi connectivity index (χ3v) is 6.67. The molecule has 2 aromatic carbocycles. The van der Waals surface area contributed by atoms with E-state index < -0.39 is 0 Å². The third kappa shape index (κ3) is 3.82. The quantitative estimate of drug-likeness (QED) is 0.813. The Labute approximate surface area is 182 Å². The van der Waals surface area contributed by atoms with Gasteiger partial charge in [-0.1, -0.05) is 24.3 Å². The van der Waals surface area contributed by atoms with Gasteiger partial charge < -0.3 is 15.1 Å². The molecule has 160 valence electrons. The van der Waals surface area contributed by atoms with E-state index >= 15 is 0 Å². The molecule has 0 spiro atoms. The summed E-state index contributed by atoms with van der Waals surface area (Å²) in [4.78, 5) is 41.5. The molecule has 2 aromatic rings. The lowest BCUT2D eigenvalue weighted by Crippen LogP contribution is -2.32.